The Hall–Kier alpha value is -3.93. The van der Waals surface area contributed by atoms with Gasteiger partial charge in [-0.25, -0.2) is 4.79 Å². The zero-order chi connectivity index (χ0) is 20.0. The number of hydrogen-bond acceptors (Lipinski definition) is 7. The predicted octanol–water partition coefficient (Wildman–Crippen LogP) is 2.66. The number of methoxy groups -OCH3 is 1. The van der Waals surface area contributed by atoms with Gasteiger partial charge in [0.25, 0.3) is 5.91 Å². The van der Waals surface area contributed by atoms with Crippen LogP contribution in [0.3, 0.4) is 0 Å². The van der Waals surface area contributed by atoms with Gasteiger partial charge in [-0.05, 0) is 37.3 Å². The Labute approximate surface area is 154 Å². The molecule has 1 atom stereocenters. The summed E-state index contributed by atoms with van der Waals surface area (Å²) < 4.78 is 9.92. The summed E-state index contributed by atoms with van der Waals surface area (Å²) in [6, 6.07) is 11.8. The van der Waals surface area contributed by atoms with E-state index in [1.165, 1.54) is 32.2 Å². The van der Waals surface area contributed by atoms with Crippen molar-refractivity contribution in [2.75, 3.05) is 12.4 Å². The zero-order valence-electron chi connectivity index (χ0n) is 14.5. The number of hydrogen-bond donors (Lipinski definition) is 1. The molecule has 2 rings (SSSR count). The van der Waals surface area contributed by atoms with Crippen molar-refractivity contribution < 1.29 is 24.0 Å². The number of nitriles is 1. The van der Waals surface area contributed by atoms with E-state index < -0.39 is 28.6 Å². The minimum Gasteiger partial charge on any atom is -0.490 e. The zero-order valence-corrected chi connectivity index (χ0v) is 14.5. The summed E-state index contributed by atoms with van der Waals surface area (Å²) in [4.78, 5) is 34.7. The van der Waals surface area contributed by atoms with E-state index in [1.807, 2.05) is 6.07 Å². The Kier molecular flexibility index (Phi) is 6.06. The molecule has 1 N–H and O–H groups in total. The molecule has 0 bridgehead atoms. The van der Waals surface area contributed by atoms with Crippen molar-refractivity contribution in [3.63, 3.8) is 0 Å². The van der Waals surface area contributed by atoms with Crippen molar-refractivity contribution >= 4 is 23.3 Å². The number of anilines is 1. The molecule has 0 aromatic heterocycles. The highest BCUT2D eigenvalue weighted by atomic mass is 16.6. The Morgan fingerprint density at radius 3 is 2.63 bits per heavy atom. The number of carbonyl (C=O) groups excluding carboxylic acids is 2. The number of nitrogens with zero attached hydrogens (tertiary/aromatic N) is 2. The van der Waals surface area contributed by atoms with Gasteiger partial charge in [0.15, 0.2) is 11.9 Å². The maximum atomic E-state index is 12.2. The number of amides is 1. The van der Waals surface area contributed by atoms with Crippen LogP contribution in [0.4, 0.5) is 11.4 Å². The van der Waals surface area contributed by atoms with Crippen molar-refractivity contribution in [2.24, 2.45) is 0 Å². The van der Waals surface area contributed by atoms with Gasteiger partial charge in [0.1, 0.15) is 0 Å². The fourth-order valence-electron chi connectivity index (χ4n) is 2.15. The van der Waals surface area contributed by atoms with Crippen molar-refractivity contribution in [2.45, 2.75) is 13.0 Å². The summed E-state index contributed by atoms with van der Waals surface area (Å²) in [5.74, 6) is -1.50. The Bertz CT molecular complexity index is 935. The van der Waals surface area contributed by atoms with Crippen LogP contribution in [0.15, 0.2) is 42.5 Å². The summed E-state index contributed by atoms with van der Waals surface area (Å²) >= 11 is 0. The standard InChI is InChI=1S/C18H15N3O6/c1-11(17(22)20-14-5-3-4-12(8-14)10-19)27-18(23)13-6-7-16(26-2)15(9-13)21(24)25/h3-9,11H,1-2H3,(H,20,22)/t11-/m1/s1. The number of nitro benzene ring substituents is 1. The lowest BCUT2D eigenvalue weighted by molar-refractivity contribution is -0.385. The molecule has 2 aromatic carbocycles. The lowest BCUT2D eigenvalue weighted by Crippen LogP contribution is -2.30. The van der Waals surface area contributed by atoms with E-state index in [-0.39, 0.29) is 11.3 Å². The molecule has 9 heteroatoms. The summed E-state index contributed by atoms with van der Waals surface area (Å²) in [7, 11) is 1.27. The van der Waals surface area contributed by atoms with Gasteiger partial charge in [-0.1, -0.05) is 6.07 Å². The number of carbonyl (C=O) groups is 2. The van der Waals surface area contributed by atoms with Crippen LogP contribution in [-0.4, -0.2) is 30.0 Å². The van der Waals surface area contributed by atoms with Gasteiger partial charge in [0.2, 0.25) is 0 Å². The number of benzene rings is 2. The molecule has 0 unspecified atom stereocenters. The maximum absolute atomic E-state index is 12.2. The van der Waals surface area contributed by atoms with Crippen LogP contribution in [0.25, 0.3) is 0 Å². The van der Waals surface area contributed by atoms with Gasteiger partial charge >= 0.3 is 11.7 Å². The third-order valence-corrected chi connectivity index (χ3v) is 3.52. The molecule has 0 saturated heterocycles. The molecule has 0 heterocycles. The predicted molar refractivity (Wildman–Crippen MR) is 94.3 cm³/mol. The first-order chi connectivity index (χ1) is 12.8. The molecule has 138 valence electrons. The first-order valence-electron chi connectivity index (χ1n) is 7.70. The van der Waals surface area contributed by atoms with Crippen LogP contribution < -0.4 is 10.1 Å². The molecule has 0 aliphatic carbocycles. The molecule has 0 radical (unpaired) electrons. The van der Waals surface area contributed by atoms with E-state index in [0.29, 0.717) is 11.3 Å². The van der Waals surface area contributed by atoms with Gasteiger partial charge in [0, 0.05) is 11.8 Å². The van der Waals surface area contributed by atoms with E-state index in [9.17, 15) is 19.7 Å². The minimum absolute atomic E-state index is 0.000263. The van der Waals surface area contributed by atoms with Gasteiger partial charge in [-0.15, -0.1) is 0 Å². The lowest BCUT2D eigenvalue weighted by atomic mass is 10.2. The largest absolute Gasteiger partial charge is 0.490 e. The molecule has 0 aliphatic rings. The number of rotatable bonds is 6. The fourth-order valence-corrected chi connectivity index (χ4v) is 2.15. The van der Waals surface area contributed by atoms with E-state index >= 15 is 0 Å². The lowest BCUT2D eigenvalue weighted by Gasteiger charge is -2.14. The molecule has 1 amide bonds. The topological polar surface area (TPSA) is 132 Å². The third kappa shape index (κ3) is 4.79. The van der Waals surface area contributed by atoms with Crippen LogP contribution in [-0.2, 0) is 9.53 Å². The summed E-state index contributed by atoms with van der Waals surface area (Å²) in [6.07, 6.45) is -1.16. The molecule has 0 spiro atoms. The van der Waals surface area contributed by atoms with E-state index in [2.05, 4.69) is 5.32 Å². The smallest absolute Gasteiger partial charge is 0.339 e. The highest BCUT2D eigenvalue weighted by Gasteiger charge is 2.23. The summed E-state index contributed by atoms with van der Waals surface area (Å²) in [6.45, 7) is 1.36. The third-order valence-electron chi connectivity index (χ3n) is 3.52. The molecular formula is C18H15N3O6. The quantitative estimate of drug-likeness (QED) is 0.470. The molecular weight excluding hydrogens is 354 g/mol. The number of esters is 1. The number of nitrogens with one attached hydrogen (secondary N) is 1. The Morgan fingerprint density at radius 1 is 1.26 bits per heavy atom. The van der Waals surface area contributed by atoms with Gasteiger partial charge in [-0.3, -0.25) is 14.9 Å². The Balaban J connectivity index is 2.08. The van der Waals surface area contributed by atoms with Gasteiger partial charge in [-0.2, -0.15) is 5.26 Å². The molecule has 9 nitrogen and oxygen atoms in total. The molecule has 0 saturated carbocycles. The first-order valence-corrected chi connectivity index (χ1v) is 7.70. The van der Waals surface area contributed by atoms with Crippen LogP contribution in [0, 0.1) is 21.4 Å². The average molecular weight is 369 g/mol. The van der Waals surface area contributed by atoms with E-state index in [0.717, 1.165) is 6.07 Å². The monoisotopic (exact) mass is 369 g/mol. The molecule has 0 fully saturated rings. The molecule has 27 heavy (non-hydrogen) atoms. The van der Waals surface area contributed by atoms with Crippen LogP contribution in [0.2, 0.25) is 0 Å². The SMILES string of the molecule is COc1ccc(C(=O)O[C@H](C)C(=O)Nc2cccc(C#N)c2)cc1[N+](=O)[O-]. The highest BCUT2D eigenvalue weighted by Crippen LogP contribution is 2.27. The van der Waals surface area contributed by atoms with Gasteiger partial charge in [0.05, 0.1) is 29.2 Å². The second kappa shape index (κ2) is 8.44. The van der Waals surface area contributed by atoms with Crippen LogP contribution in [0.1, 0.15) is 22.8 Å². The highest BCUT2D eigenvalue weighted by molar-refractivity contribution is 5.97. The van der Waals surface area contributed by atoms with E-state index in [4.69, 9.17) is 14.7 Å². The average Bonchev–Trinajstić information content (AvgIpc) is 2.67. The normalized spacial score (nSPS) is 11.0. The molecule has 2 aromatic rings. The van der Waals surface area contributed by atoms with Gasteiger partial charge < -0.3 is 14.8 Å². The minimum atomic E-state index is -1.16. The summed E-state index contributed by atoms with van der Waals surface area (Å²) in [5, 5.41) is 22.4. The van der Waals surface area contributed by atoms with Crippen molar-refractivity contribution in [3.05, 3.63) is 63.7 Å². The van der Waals surface area contributed by atoms with E-state index in [1.54, 1.807) is 18.2 Å². The first kappa shape index (κ1) is 19.4. The number of ether oxygens (including phenoxy) is 2. The second-order valence-electron chi connectivity index (χ2n) is 5.37. The maximum Gasteiger partial charge on any atom is 0.339 e. The Morgan fingerprint density at radius 2 is 2.00 bits per heavy atom. The van der Waals surface area contributed by atoms with Crippen LogP contribution >= 0.6 is 0 Å². The van der Waals surface area contributed by atoms with Crippen LogP contribution in [0.5, 0.6) is 5.75 Å². The fraction of sp³-hybridized carbons (Fsp3) is 0.167. The van der Waals surface area contributed by atoms with Crippen molar-refractivity contribution in [3.8, 4) is 11.8 Å². The number of nitro groups is 1. The second-order valence-corrected chi connectivity index (χ2v) is 5.37. The molecule has 0 aliphatic heterocycles. The van der Waals surface area contributed by atoms with Crippen molar-refractivity contribution in [1.82, 2.24) is 0 Å². The summed E-state index contributed by atoms with van der Waals surface area (Å²) in [5.41, 5.74) is 0.260. The van der Waals surface area contributed by atoms with Crippen molar-refractivity contribution in [1.29, 1.82) is 5.26 Å².